The Kier molecular flexibility index (Phi) is 5.65. The topological polar surface area (TPSA) is 89.6 Å². The quantitative estimate of drug-likeness (QED) is 0.509. The molecule has 1 heterocycles. The number of thioether (sulfide) groups is 1. The average Bonchev–Trinajstić information content (AvgIpc) is 3.07. The van der Waals surface area contributed by atoms with Crippen molar-refractivity contribution in [1.29, 1.82) is 0 Å². The largest absolute Gasteiger partial charge is 0.486 e. The van der Waals surface area contributed by atoms with Crippen LogP contribution < -0.4 is 4.74 Å². The number of nitrogens with zero attached hydrogens (tertiary/aromatic N) is 4. The van der Waals surface area contributed by atoms with E-state index in [-0.39, 0.29) is 12.2 Å². The van der Waals surface area contributed by atoms with Crippen LogP contribution in [0.25, 0.3) is 0 Å². The number of carbonyl (C=O) groups is 1. The highest BCUT2D eigenvalue weighted by molar-refractivity contribution is 7.98. The number of rotatable bonds is 7. The van der Waals surface area contributed by atoms with Gasteiger partial charge in [0.2, 0.25) is 5.16 Å². The number of para-hydroxylation sites is 1. The molecule has 3 aromatic rings. The van der Waals surface area contributed by atoms with Gasteiger partial charge >= 0.3 is 5.97 Å². The molecule has 0 aliphatic heterocycles. The molecule has 7 nitrogen and oxygen atoms in total. The SMILES string of the molecule is CSc1nnc(COc2ccccc2)n1/N=C\c1ccccc1C(=O)O. The van der Waals surface area contributed by atoms with Crippen molar-refractivity contribution in [3.8, 4) is 5.75 Å². The predicted octanol–water partition coefficient (Wildman–Crippen LogP) is 3.16. The Morgan fingerprint density at radius 3 is 2.65 bits per heavy atom. The number of carboxylic acid groups (broad SMARTS) is 1. The number of hydrogen-bond acceptors (Lipinski definition) is 6. The Labute approximate surface area is 154 Å². The number of ether oxygens (including phenoxy) is 1. The molecule has 1 N–H and O–H groups in total. The fourth-order valence-corrected chi connectivity index (χ4v) is 2.67. The Hall–Kier alpha value is -3.13. The first-order valence-electron chi connectivity index (χ1n) is 7.72. The lowest BCUT2D eigenvalue weighted by atomic mass is 10.1. The van der Waals surface area contributed by atoms with Crippen LogP contribution in [0.5, 0.6) is 5.75 Å². The van der Waals surface area contributed by atoms with Crippen LogP contribution in [0.4, 0.5) is 0 Å². The molecule has 0 amide bonds. The molecule has 0 fully saturated rings. The zero-order chi connectivity index (χ0) is 18.4. The van der Waals surface area contributed by atoms with Crippen LogP contribution in [0.1, 0.15) is 21.7 Å². The summed E-state index contributed by atoms with van der Waals surface area (Å²) in [6, 6.07) is 16.0. The molecule has 0 aliphatic carbocycles. The van der Waals surface area contributed by atoms with Crippen LogP contribution >= 0.6 is 11.8 Å². The maximum atomic E-state index is 11.3. The second-order valence-electron chi connectivity index (χ2n) is 5.15. The van der Waals surface area contributed by atoms with Gasteiger partial charge in [0, 0.05) is 5.56 Å². The Balaban J connectivity index is 1.85. The van der Waals surface area contributed by atoms with Gasteiger partial charge in [0.05, 0.1) is 11.8 Å². The van der Waals surface area contributed by atoms with E-state index in [2.05, 4.69) is 15.3 Å². The minimum absolute atomic E-state index is 0.178. The van der Waals surface area contributed by atoms with E-state index in [9.17, 15) is 9.90 Å². The summed E-state index contributed by atoms with van der Waals surface area (Å²) in [5.74, 6) is 0.226. The first-order chi connectivity index (χ1) is 12.7. The molecule has 0 aliphatic rings. The molecule has 0 unspecified atom stereocenters. The molecule has 3 rings (SSSR count). The summed E-state index contributed by atoms with van der Waals surface area (Å²) in [5, 5.41) is 22.4. The first-order valence-corrected chi connectivity index (χ1v) is 8.94. The minimum Gasteiger partial charge on any atom is -0.486 e. The lowest BCUT2D eigenvalue weighted by Crippen LogP contribution is -2.06. The van der Waals surface area contributed by atoms with Crippen molar-refractivity contribution < 1.29 is 14.6 Å². The zero-order valence-corrected chi connectivity index (χ0v) is 14.8. The lowest BCUT2D eigenvalue weighted by Gasteiger charge is -2.06. The molecule has 0 spiro atoms. The van der Waals surface area contributed by atoms with Gasteiger partial charge in [0.1, 0.15) is 12.4 Å². The normalized spacial score (nSPS) is 11.0. The molecule has 26 heavy (non-hydrogen) atoms. The van der Waals surface area contributed by atoms with E-state index < -0.39 is 5.97 Å². The Bertz CT molecular complexity index is 925. The fourth-order valence-electron chi connectivity index (χ4n) is 2.22. The van der Waals surface area contributed by atoms with Gasteiger partial charge in [-0.2, -0.15) is 9.78 Å². The maximum absolute atomic E-state index is 11.3. The van der Waals surface area contributed by atoms with E-state index in [4.69, 9.17) is 4.74 Å². The third-order valence-electron chi connectivity index (χ3n) is 3.47. The summed E-state index contributed by atoms with van der Waals surface area (Å²) in [5.41, 5.74) is 0.674. The first kappa shape index (κ1) is 17.7. The summed E-state index contributed by atoms with van der Waals surface area (Å²) >= 11 is 1.39. The predicted molar refractivity (Wildman–Crippen MR) is 99.0 cm³/mol. The number of benzene rings is 2. The van der Waals surface area contributed by atoms with Gasteiger partial charge in [-0.15, -0.1) is 10.2 Å². The van der Waals surface area contributed by atoms with Crippen molar-refractivity contribution in [3.63, 3.8) is 0 Å². The number of aromatic nitrogens is 3. The standard InChI is InChI=1S/C18H16N4O3S/c1-26-18-21-20-16(12-25-14-8-3-2-4-9-14)22(18)19-11-13-7-5-6-10-15(13)17(23)24/h2-11H,12H2,1H3,(H,23,24)/b19-11-. The third-order valence-corrected chi connectivity index (χ3v) is 4.09. The molecule has 1 aromatic heterocycles. The summed E-state index contributed by atoms with van der Waals surface area (Å²) in [4.78, 5) is 11.3. The fraction of sp³-hybridized carbons (Fsp3) is 0.111. The van der Waals surface area contributed by atoms with Gasteiger partial charge in [-0.1, -0.05) is 48.2 Å². The monoisotopic (exact) mass is 368 g/mol. The minimum atomic E-state index is -1.01. The van der Waals surface area contributed by atoms with Crippen LogP contribution in [-0.4, -0.2) is 38.4 Å². The highest BCUT2D eigenvalue weighted by atomic mass is 32.2. The molecular weight excluding hydrogens is 352 g/mol. The van der Waals surface area contributed by atoms with Gasteiger partial charge in [-0.25, -0.2) is 4.79 Å². The molecule has 0 atom stereocenters. The average molecular weight is 368 g/mol. The van der Waals surface area contributed by atoms with Gasteiger partial charge in [0.25, 0.3) is 0 Å². The highest BCUT2D eigenvalue weighted by Gasteiger charge is 2.12. The summed E-state index contributed by atoms with van der Waals surface area (Å²) in [7, 11) is 0. The molecule has 8 heteroatoms. The van der Waals surface area contributed by atoms with Crippen molar-refractivity contribution in [2.45, 2.75) is 11.8 Å². The zero-order valence-electron chi connectivity index (χ0n) is 13.9. The van der Waals surface area contributed by atoms with E-state index in [0.29, 0.717) is 22.3 Å². The van der Waals surface area contributed by atoms with Crippen LogP contribution in [0.15, 0.2) is 64.9 Å². The number of hydrogen-bond donors (Lipinski definition) is 1. The molecule has 0 radical (unpaired) electrons. The van der Waals surface area contributed by atoms with E-state index >= 15 is 0 Å². The molecule has 132 valence electrons. The Morgan fingerprint density at radius 1 is 1.19 bits per heavy atom. The molecule has 2 aromatic carbocycles. The van der Waals surface area contributed by atoms with E-state index in [1.807, 2.05) is 36.6 Å². The van der Waals surface area contributed by atoms with Crippen molar-refractivity contribution in [3.05, 3.63) is 71.5 Å². The van der Waals surface area contributed by atoms with Crippen LogP contribution in [0.3, 0.4) is 0 Å². The summed E-state index contributed by atoms with van der Waals surface area (Å²) < 4.78 is 7.25. The summed E-state index contributed by atoms with van der Waals surface area (Å²) in [6.45, 7) is 0.190. The highest BCUT2D eigenvalue weighted by Crippen LogP contribution is 2.16. The molecular formula is C18H16N4O3S. The van der Waals surface area contributed by atoms with Crippen LogP contribution in [0, 0.1) is 0 Å². The van der Waals surface area contributed by atoms with Crippen molar-refractivity contribution in [2.24, 2.45) is 5.10 Å². The van der Waals surface area contributed by atoms with Gasteiger partial charge < -0.3 is 9.84 Å². The van der Waals surface area contributed by atoms with Gasteiger partial charge in [-0.05, 0) is 24.5 Å². The van der Waals surface area contributed by atoms with Crippen molar-refractivity contribution >= 4 is 23.9 Å². The Morgan fingerprint density at radius 2 is 1.92 bits per heavy atom. The van der Waals surface area contributed by atoms with E-state index in [1.165, 1.54) is 24.0 Å². The van der Waals surface area contributed by atoms with Gasteiger partial charge in [-0.3, -0.25) is 0 Å². The van der Waals surface area contributed by atoms with Crippen LogP contribution in [-0.2, 0) is 6.61 Å². The smallest absolute Gasteiger partial charge is 0.336 e. The van der Waals surface area contributed by atoms with Crippen molar-refractivity contribution in [2.75, 3.05) is 6.26 Å². The molecule has 0 saturated heterocycles. The second kappa shape index (κ2) is 8.30. The third kappa shape index (κ3) is 4.09. The second-order valence-corrected chi connectivity index (χ2v) is 5.93. The van der Waals surface area contributed by atoms with Crippen molar-refractivity contribution in [1.82, 2.24) is 14.9 Å². The number of carboxylic acids is 1. The molecule has 0 saturated carbocycles. The maximum Gasteiger partial charge on any atom is 0.336 e. The lowest BCUT2D eigenvalue weighted by molar-refractivity contribution is 0.0696. The van der Waals surface area contributed by atoms with E-state index in [0.717, 1.165) is 0 Å². The van der Waals surface area contributed by atoms with E-state index in [1.54, 1.807) is 22.9 Å². The number of aromatic carboxylic acids is 1. The van der Waals surface area contributed by atoms with Crippen LogP contribution in [0.2, 0.25) is 0 Å². The molecule has 0 bridgehead atoms. The van der Waals surface area contributed by atoms with Gasteiger partial charge in [0.15, 0.2) is 5.82 Å². The summed E-state index contributed by atoms with van der Waals surface area (Å²) in [6.07, 6.45) is 3.35.